The number of sulfonamides is 1. The average Bonchev–Trinajstić information content (AvgIpc) is 3.52. The molecule has 0 radical (unpaired) electrons. The lowest BCUT2D eigenvalue weighted by atomic mass is 9.98. The first-order valence-corrected chi connectivity index (χ1v) is 23.2. The van der Waals surface area contributed by atoms with E-state index >= 15 is 0 Å². The normalized spacial score (nSPS) is 16.1. The summed E-state index contributed by atoms with van der Waals surface area (Å²) < 4.78 is 76.3. The van der Waals surface area contributed by atoms with E-state index in [-0.39, 0.29) is 49.8 Å². The smallest absolute Gasteiger partial charge is 0.253 e. The second-order valence-corrected chi connectivity index (χ2v) is 19.3. The van der Waals surface area contributed by atoms with Crippen LogP contribution >= 0.6 is 11.3 Å². The van der Waals surface area contributed by atoms with Crippen molar-refractivity contribution in [3.63, 3.8) is 0 Å². The molecule has 15 heteroatoms. The fourth-order valence-corrected chi connectivity index (χ4v) is 10.2. The molecule has 1 saturated heterocycles. The molecule has 1 fully saturated rings. The number of carbonyl (C=O) groups excluding carboxylic acids is 2. The van der Waals surface area contributed by atoms with E-state index in [1.807, 2.05) is 12.1 Å². The topological polar surface area (TPSA) is 157 Å². The van der Waals surface area contributed by atoms with Crippen LogP contribution in [-0.4, -0.2) is 76.1 Å². The van der Waals surface area contributed by atoms with Crippen molar-refractivity contribution >= 4 is 53.2 Å². The van der Waals surface area contributed by atoms with Crippen LogP contribution in [0.3, 0.4) is 0 Å². The number of rotatable bonds is 21. The quantitative estimate of drug-likeness (QED) is 0.105. The Bertz CT molecular complexity index is 1890. The molecule has 1 aliphatic rings. The van der Waals surface area contributed by atoms with Gasteiger partial charge in [-0.15, -0.1) is 11.3 Å². The third-order valence-electron chi connectivity index (χ3n) is 10.0. The Kier molecular flexibility index (Phi) is 15.3. The van der Waals surface area contributed by atoms with Gasteiger partial charge in [0.1, 0.15) is 5.01 Å². The molecule has 1 aliphatic heterocycles. The number of likely N-dealkylation sites (tertiary alicyclic amines) is 1. The van der Waals surface area contributed by atoms with Crippen LogP contribution in [0.15, 0.2) is 42.5 Å². The number of primary sulfonamides is 1. The Balaban J connectivity index is 1.50. The number of nitrogens with one attached hydrogen (secondary N) is 1. The summed E-state index contributed by atoms with van der Waals surface area (Å²) in [5, 5.41) is 7.77. The molecule has 1 unspecified atom stereocenters. The first-order chi connectivity index (χ1) is 25.1. The summed E-state index contributed by atoms with van der Waals surface area (Å²) in [6.07, 6.45) is 13.2. The van der Waals surface area contributed by atoms with Gasteiger partial charge in [-0.3, -0.25) is 9.59 Å². The van der Waals surface area contributed by atoms with Crippen molar-refractivity contribution in [3.8, 4) is 11.1 Å². The van der Waals surface area contributed by atoms with Crippen molar-refractivity contribution in [3.05, 3.63) is 53.0 Å². The summed E-state index contributed by atoms with van der Waals surface area (Å²) in [6, 6.07) is 12.2. The van der Waals surface area contributed by atoms with Gasteiger partial charge in [-0.2, -0.15) is 0 Å². The molecule has 1 aromatic heterocycles. The molecule has 1 atom stereocenters. The van der Waals surface area contributed by atoms with Gasteiger partial charge in [-0.1, -0.05) is 102 Å². The van der Waals surface area contributed by atoms with E-state index in [9.17, 15) is 35.2 Å². The average molecular weight is 797 g/mol. The maximum atomic E-state index is 13.9. The zero-order chi connectivity index (χ0) is 38.7. The molecule has 0 saturated carbocycles. The van der Waals surface area contributed by atoms with E-state index in [0.29, 0.717) is 22.2 Å². The highest BCUT2D eigenvalue weighted by Crippen LogP contribution is 2.41. The maximum absolute atomic E-state index is 13.9. The molecule has 3 N–H and O–H groups in total. The molecule has 10 nitrogen and oxygen atoms in total. The van der Waals surface area contributed by atoms with Crippen LogP contribution < -0.4 is 10.5 Å². The van der Waals surface area contributed by atoms with E-state index in [1.165, 1.54) is 49.8 Å². The van der Waals surface area contributed by atoms with Gasteiger partial charge in [0.15, 0.2) is 9.84 Å². The van der Waals surface area contributed by atoms with E-state index in [0.717, 1.165) is 54.4 Å². The third-order valence-corrected chi connectivity index (χ3v) is 14.0. The van der Waals surface area contributed by atoms with Gasteiger partial charge in [-0.05, 0) is 41.8 Å². The van der Waals surface area contributed by atoms with Crippen molar-refractivity contribution in [1.82, 2.24) is 15.2 Å². The van der Waals surface area contributed by atoms with Gasteiger partial charge < -0.3 is 10.2 Å². The SMILES string of the molecule is CCCCCCCCCCCCCCC(C(=O)NCCS(N)(=O)=O)(c1nc2ccc(-c3ccc(C(=O)N4CCC(F)(F)CC4)cc3)cc2s1)S(C)(=O)=O. The Labute approximate surface area is 317 Å². The molecule has 0 spiro atoms. The van der Waals surface area contributed by atoms with Crippen LogP contribution in [0, 0.1) is 0 Å². The summed E-state index contributed by atoms with van der Waals surface area (Å²) in [5.41, 5.74) is 2.44. The number of thiazole rings is 1. The van der Waals surface area contributed by atoms with Gasteiger partial charge in [-0.25, -0.2) is 35.7 Å². The molecular weight excluding hydrogens is 743 g/mol. The molecule has 53 heavy (non-hydrogen) atoms. The van der Waals surface area contributed by atoms with Crippen LogP contribution in [0.4, 0.5) is 8.78 Å². The number of unbranched alkanes of at least 4 members (excludes halogenated alkanes) is 11. The van der Waals surface area contributed by atoms with Crippen LogP contribution in [0.2, 0.25) is 0 Å². The fourth-order valence-electron chi connectivity index (χ4n) is 6.80. The van der Waals surface area contributed by atoms with E-state index < -0.39 is 42.2 Å². The number of halogens is 2. The first kappa shape index (κ1) is 42.7. The lowest BCUT2D eigenvalue weighted by Crippen LogP contribution is -2.50. The standard InChI is InChI=1S/C38H54F2N4O6S3/c1-3-4-5-6-7-8-9-10-11-12-13-14-21-38(52(2,47)48,35(46)42-24-27-53(41,49)50)36-43-32-20-19-31(28-33(32)51-36)29-15-17-30(18-16-29)34(45)44-25-22-37(39,40)23-26-44/h15-20,28H,3-14,21-27H2,1-2H3,(H,42,46)(H2,41,49,50). The summed E-state index contributed by atoms with van der Waals surface area (Å²) in [4.78, 5) is 33.0. The highest BCUT2D eigenvalue weighted by Gasteiger charge is 2.52. The summed E-state index contributed by atoms with van der Waals surface area (Å²) >= 11 is 1.10. The largest absolute Gasteiger partial charge is 0.353 e. The number of sulfone groups is 1. The van der Waals surface area contributed by atoms with E-state index in [4.69, 9.17) is 5.14 Å². The molecular formula is C38H54F2N4O6S3. The minimum absolute atomic E-state index is 0.00359. The van der Waals surface area contributed by atoms with Gasteiger partial charge in [0.2, 0.25) is 20.7 Å². The monoisotopic (exact) mass is 796 g/mol. The van der Waals surface area contributed by atoms with Gasteiger partial charge >= 0.3 is 0 Å². The third kappa shape index (κ3) is 12.0. The zero-order valence-electron chi connectivity index (χ0n) is 30.9. The van der Waals surface area contributed by atoms with Crippen molar-refractivity contribution in [2.45, 2.75) is 114 Å². The Hall–Kier alpha value is -3.01. The first-order valence-electron chi connectivity index (χ1n) is 18.7. The number of fused-ring (bicyclic) bond motifs is 1. The number of benzene rings is 2. The molecule has 2 heterocycles. The number of hydrogen-bond donors (Lipinski definition) is 2. The maximum Gasteiger partial charge on any atom is 0.253 e. The second-order valence-electron chi connectivity index (χ2n) is 14.3. The number of hydrogen-bond acceptors (Lipinski definition) is 8. The lowest BCUT2D eigenvalue weighted by molar-refractivity contribution is -0.124. The van der Waals surface area contributed by atoms with Crippen LogP contribution in [0.5, 0.6) is 0 Å². The molecule has 0 aliphatic carbocycles. The Morgan fingerprint density at radius 2 is 1.42 bits per heavy atom. The number of amides is 2. The van der Waals surface area contributed by atoms with E-state index in [2.05, 4.69) is 17.2 Å². The lowest BCUT2D eigenvalue weighted by Gasteiger charge is -2.31. The number of alkyl halides is 2. The van der Waals surface area contributed by atoms with Crippen molar-refractivity contribution in [2.24, 2.45) is 5.14 Å². The summed E-state index contributed by atoms with van der Waals surface area (Å²) in [5.74, 6) is -4.43. The Morgan fingerprint density at radius 1 is 0.868 bits per heavy atom. The van der Waals surface area contributed by atoms with Crippen molar-refractivity contribution in [2.75, 3.05) is 31.6 Å². The molecule has 0 bridgehead atoms. The predicted molar refractivity (Wildman–Crippen MR) is 208 cm³/mol. The zero-order valence-corrected chi connectivity index (χ0v) is 33.3. The number of aromatic nitrogens is 1. The number of carbonyl (C=O) groups is 2. The summed E-state index contributed by atoms with van der Waals surface area (Å²) in [7, 11) is -8.02. The minimum Gasteiger partial charge on any atom is -0.353 e. The second kappa shape index (κ2) is 19.0. The molecule has 294 valence electrons. The van der Waals surface area contributed by atoms with Gasteiger partial charge in [0.25, 0.3) is 11.8 Å². The van der Waals surface area contributed by atoms with Gasteiger partial charge in [0.05, 0.1) is 16.0 Å². The number of nitrogens with two attached hydrogens (primary N) is 1. The minimum atomic E-state index is -4.12. The molecule has 2 aromatic carbocycles. The number of piperidine rings is 1. The molecule has 3 aromatic rings. The van der Waals surface area contributed by atoms with Crippen LogP contribution in [-0.2, 0) is 29.4 Å². The van der Waals surface area contributed by atoms with Gasteiger partial charge in [0, 0.05) is 44.3 Å². The van der Waals surface area contributed by atoms with Crippen LogP contribution in [0.1, 0.15) is 119 Å². The molecule has 4 rings (SSSR count). The molecule has 2 amide bonds. The van der Waals surface area contributed by atoms with Crippen molar-refractivity contribution < 1.29 is 35.2 Å². The van der Waals surface area contributed by atoms with Crippen LogP contribution in [0.25, 0.3) is 21.3 Å². The Morgan fingerprint density at radius 3 is 1.96 bits per heavy atom. The number of nitrogens with zero attached hydrogens (tertiary/aromatic N) is 2. The fraction of sp³-hybridized carbons (Fsp3) is 0.605. The van der Waals surface area contributed by atoms with Crippen molar-refractivity contribution in [1.29, 1.82) is 0 Å². The van der Waals surface area contributed by atoms with E-state index in [1.54, 1.807) is 30.3 Å². The summed E-state index contributed by atoms with van der Waals surface area (Å²) in [6.45, 7) is 1.86. The highest BCUT2D eigenvalue weighted by atomic mass is 32.2. The highest BCUT2D eigenvalue weighted by molar-refractivity contribution is 7.92. The predicted octanol–water partition coefficient (Wildman–Crippen LogP) is 7.57.